The summed E-state index contributed by atoms with van der Waals surface area (Å²) in [6, 6.07) is 5.85. The van der Waals surface area contributed by atoms with Crippen molar-refractivity contribution in [3.05, 3.63) is 38.0 Å². The predicted molar refractivity (Wildman–Crippen MR) is 88.6 cm³/mol. The molecule has 0 fully saturated rings. The van der Waals surface area contributed by atoms with E-state index >= 15 is 0 Å². The van der Waals surface area contributed by atoms with E-state index in [4.69, 9.17) is 21.1 Å². The van der Waals surface area contributed by atoms with Gasteiger partial charge in [-0.2, -0.15) is 0 Å². The number of halogens is 2. The number of anilines is 1. The average Bonchev–Trinajstić information content (AvgIpc) is 2.87. The molecule has 1 heterocycles. The second-order valence-electron chi connectivity index (χ2n) is 4.22. The van der Waals surface area contributed by atoms with Crippen LogP contribution in [0.3, 0.4) is 0 Å². The van der Waals surface area contributed by atoms with Gasteiger partial charge in [0.25, 0.3) is 0 Å². The second-order valence-corrected chi connectivity index (χ2v) is 6.49. The molecule has 0 saturated carbocycles. The molecule has 6 heteroatoms. The van der Waals surface area contributed by atoms with Crippen LogP contribution in [0.25, 0.3) is 0 Å². The highest BCUT2D eigenvalue weighted by Gasteiger charge is 2.14. The Bertz CT molecular complexity index is 603. The van der Waals surface area contributed by atoms with Gasteiger partial charge in [0.15, 0.2) is 0 Å². The molecule has 1 aromatic heterocycles. The van der Waals surface area contributed by atoms with Gasteiger partial charge >= 0.3 is 0 Å². The molecule has 0 radical (unpaired) electrons. The first kappa shape index (κ1) is 15.5. The fraction of sp³-hybridized carbons (Fsp3) is 0.286. The first-order valence-corrected chi connectivity index (χ1v) is 8.02. The standard InChI is InChI=1S/C14H15BrClNO2S/c1-8(14-4-9(15)7-20-14)17-11-6-12(18-2)10(16)5-13(11)19-3/h4-8,17H,1-3H3. The molecule has 20 heavy (non-hydrogen) atoms. The van der Waals surface area contributed by atoms with E-state index < -0.39 is 0 Å². The van der Waals surface area contributed by atoms with Crippen molar-refractivity contribution in [3.8, 4) is 11.5 Å². The van der Waals surface area contributed by atoms with E-state index in [0.717, 1.165) is 10.2 Å². The molecule has 1 N–H and O–H groups in total. The van der Waals surface area contributed by atoms with Gasteiger partial charge in [-0.05, 0) is 28.9 Å². The Hall–Kier alpha value is -0.910. The van der Waals surface area contributed by atoms with Crippen LogP contribution in [0.2, 0.25) is 5.02 Å². The number of nitrogens with one attached hydrogen (secondary N) is 1. The molecular formula is C14H15BrClNO2S. The van der Waals surface area contributed by atoms with Crippen molar-refractivity contribution < 1.29 is 9.47 Å². The van der Waals surface area contributed by atoms with E-state index in [0.29, 0.717) is 16.5 Å². The quantitative estimate of drug-likeness (QED) is 0.762. The number of hydrogen-bond donors (Lipinski definition) is 1. The Kier molecular flexibility index (Phi) is 5.18. The van der Waals surface area contributed by atoms with Crippen molar-refractivity contribution in [3.63, 3.8) is 0 Å². The van der Waals surface area contributed by atoms with Gasteiger partial charge in [0.1, 0.15) is 11.5 Å². The van der Waals surface area contributed by atoms with Gasteiger partial charge in [-0.25, -0.2) is 0 Å². The summed E-state index contributed by atoms with van der Waals surface area (Å²) in [6.07, 6.45) is 0. The van der Waals surface area contributed by atoms with Crippen LogP contribution in [0.15, 0.2) is 28.1 Å². The number of hydrogen-bond acceptors (Lipinski definition) is 4. The first-order chi connectivity index (χ1) is 9.55. The molecule has 0 amide bonds. The maximum Gasteiger partial charge on any atom is 0.143 e. The molecule has 1 atom stereocenters. The van der Waals surface area contributed by atoms with Gasteiger partial charge in [0.2, 0.25) is 0 Å². The molecule has 1 aromatic carbocycles. The van der Waals surface area contributed by atoms with Gasteiger partial charge in [0, 0.05) is 26.9 Å². The lowest BCUT2D eigenvalue weighted by atomic mass is 10.2. The van der Waals surface area contributed by atoms with Gasteiger partial charge in [0.05, 0.1) is 31.0 Å². The number of ether oxygens (including phenoxy) is 2. The molecular weight excluding hydrogens is 362 g/mol. The Balaban J connectivity index is 2.27. The lowest BCUT2D eigenvalue weighted by Crippen LogP contribution is -2.06. The van der Waals surface area contributed by atoms with Crippen molar-refractivity contribution in [2.45, 2.75) is 13.0 Å². The summed E-state index contributed by atoms with van der Waals surface area (Å²) < 4.78 is 11.7. The minimum absolute atomic E-state index is 0.158. The van der Waals surface area contributed by atoms with Gasteiger partial charge in [-0.1, -0.05) is 11.6 Å². The minimum Gasteiger partial charge on any atom is -0.495 e. The Morgan fingerprint density at radius 3 is 2.45 bits per heavy atom. The first-order valence-electron chi connectivity index (χ1n) is 5.97. The second kappa shape index (κ2) is 6.70. The van der Waals surface area contributed by atoms with Crippen LogP contribution in [0.5, 0.6) is 11.5 Å². The topological polar surface area (TPSA) is 30.5 Å². The smallest absolute Gasteiger partial charge is 0.143 e. The Morgan fingerprint density at radius 1 is 1.20 bits per heavy atom. The molecule has 0 aliphatic heterocycles. The largest absolute Gasteiger partial charge is 0.495 e. The van der Waals surface area contributed by atoms with E-state index in [1.165, 1.54) is 4.88 Å². The third kappa shape index (κ3) is 3.40. The number of methoxy groups -OCH3 is 2. The molecule has 2 aromatic rings. The zero-order chi connectivity index (χ0) is 14.7. The average molecular weight is 377 g/mol. The highest BCUT2D eigenvalue weighted by molar-refractivity contribution is 9.10. The molecule has 108 valence electrons. The van der Waals surface area contributed by atoms with Crippen LogP contribution in [-0.4, -0.2) is 14.2 Å². The van der Waals surface area contributed by atoms with E-state index in [2.05, 4.69) is 39.6 Å². The summed E-state index contributed by atoms with van der Waals surface area (Å²) in [5.74, 6) is 1.31. The number of thiophene rings is 1. The van der Waals surface area contributed by atoms with Crippen LogP contribution in [0, 0.1) is 0 Å². The Morgan fingerprint density at radius 2 is 1.90 bits per heavy atom. The summed E-state index contributed by atoms with van der Waals surface area (Å²) in [6.45, 7) is 2.10. The molecule has 3 nitrogen and oxygen atoms in total. The number of benzene rings is 1. The van der Waals surface area contributed by atoms with Crippen molar-refractivity contribution in [1.29, 1.82) is 0 Å². The predicted octanol–water partition coefficient (Wildman–Crippen LogP) is 5.35. The molecule has 1 unspecified atom stereocenters. The van der Waals surface area contributed by atoms with Crippen LogP contribution in [0.4, 0.5) is 5.69 Å². The monoisotopic (exact) mass is 375 g/mol. The molecule has 0 aliphatic rings. The summed E-state index contributed by atoms with van der Waals surface area (Å²) in [5, 5.41) is 6.01. The van der Waals surface area contributed by atoms with Crippen molar-refractivity contribution in [2.75, 3.05) is 19.5 Å². The summed E-state index contributed by atoms with van der Waals surface area (Å²) in [7, 11) is 3.22. The van der Waals surface area contributed by atoms with E-state index in [1.54, 1.807) is 31.6 Å². The van der Waals surface area contributed by atoms with Crippen molar-refractivity contribution in [1.82, 2.24) is 0 Å². The van der Waals surface area contributed by atoms with E-state index in [9.17, 15) is 0 Å². The van der Waals surface area contributed by atoms with Crippen LogP contribution < -0.4 is 14.8 Å². The molecule has 2 rings (SSSR count). The zero-order valence-electron chi connectivity index (χ0n) is 11.4. The minimum atomic E-state index is 0.158. The highest BCUT2D eigenvalue weighted by atomic mass is 79.9. The summed E-state index contributed by atoms with van der Waals surface area (Å²) in [4.78, 5) is 1.23. The van der Waals surface area contributed by atoms with Crippen LogP contribution >= 0.6 is 38.9 Å². The fourth-order valence-corrected chi connectivity index (χ4v) is 3.52. The molecule has 0 bridgehead atoms. The maximum absolute atomic E-state index is 6.10. The summed E-state index contributed by atoms with van der Waals surface area (Å²) in [5.41, 5.74) is 0.853. The third-order valence-electron chi connectivity index (χ3n) is 2.86. The van der Waals surface area contributed by atoms with Gasteiger partial charge in [-0.3, -0.25) is 0 Å². The molecule has 0 aliphatic carbocycles. The lowest BCUT2D eigenvalue weighted by molar-refractivity contribution is 0.404. The van der Waals surface area contributed by atoms with Crippen LogP contribution in [0.1, 0.15) is 17.8 Å². The maximum atomic E-state index is 6.10. The van der Waals surface area contributed by atoms with Gasteiger partial charge in [-0.15, -0.1) is 11.3 Å². The van der Waals surface area contributed by atoms with Gasteiger partial charge < -0.3 is 14.8 Å². The SMILES string of the molecule is COc1cc(NC(C)c2cc(Br)cs2)c(OC)cc1Cl. The zero-order valence-corrected chi connectivity index (χ0v) is 14.5. The van der Waals surface area contributed by atoms with Crippen LogP contribution in [-0.2, 0) is 0 Å². The normalized spacial score (nSPS) is 12.1. The summed E-state index contributed by atoms with van der Waals surface area (Å²) >= 11 is 11.3. The lowest BCUT2D eigenvalue weighted by Gasteiger charge is -2.18. The van der Waals surface area contributed by atoms with Crippen molar-refractivity contribution >= 4 is 44.6 Å². The Labute approximate surface area is 136 Å². The molecule has 0 saturated heterocycles. The fourth-order valence-electron chi connectivity index (χ4n) is 1.83. The highest BCUT2D eigenvalue weighted by Crippen LogP contribution is 2.38. The van der Waals surface area contributed by atoms with E-state index in [1.807, 2.05) is 6.07 Å². The van der Waals surface area contributed by atoms with Crippen molar-refractivity contribution in [2.24, 2.45) is 0 Å². The molecule has 0 spiro atoms. The third-order valence-corrected chi connectivity index (χ3v) is 5.03. The number of rotatable bonds is 5. The van der Waals surface area contributed by atoms with E-state index in [-0.39, 0.29) is 6.04 Å².